The molecule has 27 heavy (non-hydrogen) atoms. The van der Waals surface area contributed by atoms with Crippen molar-refractivity contribution in [2.45, 2.75) is 57.8 Å². The van der Waals surface area contributed by atoms with Crippen LogP contribution < -0.4 is 0 Å². The van der Waals surface area contributed by atoms with E-state index in [1.54, 1.807) is 0 Å². The van der Waals surface area contributed by atoms with E-state index in [2.05, 4.69) is 19.1 Å². The minimum absolute atomic E-state index is 0.440. The first kappa shape index (κ1) is 18.9. The van der Waals surface area contributed by atoms with Crippen molar-refractivity contribution in [2.75, 3.05) is 0 Å². The van der Waals surface area contributed by atoms with E-state index >= 15 is 0 Å². The molecule has 0 nitrogen and oxygen atoms in total. The predicted molar refractivity (Wildman–Crippen MR) is 108 cm³/mol. The molecule has 0 saturated heterocycles. The van der Waals surface area contributed by atoms with E-state index in [-0.39, 0.29) is 0 Å². The Morgan fingerprint density at radius 2 is 1.48 bits per heavy atom. The van der Waals surface area contributed by atoms with Crippen molar-refractivity contribution >= 4 is 11.6 Å². The molecule has 0 aromatic heterocycles. The lowest BCUT2D eigenvalue weighted by molar-refractivity contribution is 0.116. The van der Waals surface area contributed by atoms with Crippen LogP contribution in [0, 0.1) is 29.4 Å². The summed E-state index contributed by atoms with van der Waals surface area (Å²) in [5.74, 6) is 1.96. The minimum Gasteiger partial charge on any atom is -0.205 e. The van der Waals surface area contributed by atoms with Gasteiger partial charge in [-0.05, 0) is 84.6 Å². The number of benzene rings is 2. The molecule has 4 rings (SSSR count). The van der Waals surface area contributed by atoms with Crippen LogP contribution in [0.25, 0.3) is 11.1 Å². The zero-order valence-electron chi connectivity index (χ0n) is 15.9. The molecule has 0 N–H and O–H groups in total. The lowest BCUT2D eigenvalue weighted by Crippen LogP contribution is -2.30. The van der Waals surface area contributed by atoms with Crippen LogP contribution >= 0.6 is 11.6 Å². The van der Waals surface area contributed by atoms with Gasteiger partial charge in [-0.15, -0.1) is 0 Å². The molecule has 2 aromatic rings. The average Bonchev–Trinajstić information content (AvgIpc) is 2.71. The Morgan fingerprint density at radius 1 is 0.852 bits per heavy atom. The van der Waals surface area contributed by atoms with Crippen LogP contribution in [0.15, 0.2) is 36.4 Å². The molecular formula is C24H27ClF2. The topological polar surface area (TPSA) is 0 Å². The quantitative estimate of drug-likeness (QED) is 0.467. The molecule has 2 aromatic carbocycles. The van der Waals surface area contributed by atoms with Crippen LogP contribution in [0.5, 0.6) is 0 Å². The van der Waals surface area contributed by atoms with E-state index in [9.17, 15) is 8.78 Å². The zero-order valence-corrected chi connectivity index (χ0v) is 16.6. The number of hydrogen-bond donors (Lipinski definition) is 0. The van der Waals surface area contributed by atoms with Crippen molar-refractivity contribution in [1.82, 2.24) is 0 Å². The molecule has 2 aliphatic rings. The third kappa shape index (κ3) is 3.92. The van der Waals surface area contributed by atoms with E-state index < -0.39 is 16.7 Å². The molecule has 144 valence electrons. The summed E-state index contributed by atoms with van der Waals surface area (Å²) >= 11 is 5.59. The smallest absolute Gasteiger partial charge is 0.145 e. The van der Waals surface area contributed by atoms with Gasteiger partial charge < -0.3 is 0 Å². The van der Waals surface area contributed by atoms with Gasteiger partial charge in [0, 0.05) is 0 Å². The average molecular weight is 389 g/mol. The second kappa shape index (κ2) is 7.91. The lowest BCUT2D eigenvalue weighted by Gasteiger charge is -2.42. The SMILES string of the molecule is CCC1CC[C@@H]2C[C@H](c3ccc(-c4cc(F)c(Cl)c(F)c4)cc3)CC[C@@H]2C1. The Kier molecular flexibility index (Phi) is 5.55. The van der Waals surface area contributed by atoms with Crippen LogP contribution in [0.3, 0.4) is 0 Å². The third-order valence-corrected chi connectivity index (χ3v) is 7.36. The number of hydrogen-bond acceptors (Lipinski definition) is 0. The van der Waals surface area contributed by atoms with Gasteiger partial charge in [0.15, 0.2) is 0 Å². The molecule has 0 amide bonds. The maximum Gasteiger partial charge on any atom is 0.145 e. The van der Waals surface area contributed by atoms with Crippen molar-refractivity contribution < 1.29 is 8.78 Å². The highest BCUT2D eigenvalue weighted by molar-refractivity contribution is 6.31. The van der Waals surface area contributed by atoms with Gasteiger partial charge in [-0.3, -0.25) is 0 Å². The Labute approximate surface area is 165 Å². The highest BCUT2D eigenvalue weighted by atomic mass is 35.5. The summed E-state index contributed by atoms with van der Waals surface area (Å²) in [5.41, 5.74) is 2.72. The van der Waals surface area contributed by atoms with Gasteiger partial charge >= 0.3 is 0 Å². The third-order valence-electron chi connectivity index (χ3n) is 7.00. The monoisotopic (exact) mass is 388 g/mol. The maximum atomic E-state index is 13.7. The first-order valence-electron chi connectivity index (χ1n) is 10.3. The highest BCUT2D eigenvalue weighted by Gasteiger charge is 2.35. The Hall–Kier alpha value is -1.41. The summed E-state index contributed by atoms with van der Waals surface area (Å²) in [7, 11) is 0. The van der Waals surface area contributed by atoms with Crippen molar-refractivity contribution in [3.05, 3.63) is 58.6 Å². The van der Waals surface area contributed by atoms with E-state index in [0.717, 1.165) is 23.3 Å². The molecule has 0 spiro atoms. The normalized spacial score (nSPS) is 28.0. The minimum atomic E-state index is -0.711. The van der Waals surface area contributed by atoms with Gasteiger partial charge in [-0.1, -0.05) is 55.6 Å². The van der Waals surface area contributed by atoms with Crippen molar-refractivity contribution in [1.29, 1.82) is 0 Å². The number of fused-ring (bicyclic) bond motifs is 1. The van der Waals surface area contributed by atoms with Gasteiger partial charge in [0.1, 0.15) is 16.7 Å². The molecule has 4 atom stereocenters. The fourth-order valence-electron chi connectivity index (χ4n) is 5.33. The number of halogens is 3. The summed E-state index contributed by atoms with van der Waals surface area (Å²) in [6.45, 7) is 2.33. The van der Waals surface area contributed by atoms with Crippen LogP contribution in [-0.2, 0) is 0 Å². The first-order valence-corrected chi connectivity index (χ1v) is 10.7. The van der Waals surface area contributed by atoms with E-state index in [0.29, 0.717) is 11.5 Å². The second-order valence-corrected chi connectivity index (χ2v) is 8.87. The molecule has 0 radical (unpaired) electrons. The molecule has 3 heteroatoms. The lowest BCUT2D eigenvalue weighted by atomic mass is 9.63. The van der Waals surface area contributed by atoms with Gasteiger partial charge in [-0.2, -0.15) is 0 Å². The van der Waals surface area contributed by atoms with E-state index in [1.807, 2.05) is 12.1 Å². The molecule has 1 unspecified atom stereocenters. The van der Waals surface area contributed by atoms with Gasteiger partial charge in [0.2, 0.25) is 0 Å². The molecule has 0 bridgehead atoms. The summed E-state index contributed by atoms with van der Waals surface area (Å²) < 4.78 is 27.5. The molecule has 0 heterocycles. The fourth-order valence-corrected chi connectivity index (χ4v) is 5.44. The van der Waals surface area contributed by atoms with Crippen LogP contribution in [0.2, 0.25) is 5.02 Å². The van der Waals surface area contributed by atoms with E-state index in [1.165, 1.54) is 62.6 Å². The maximum absolute atomic E-state index is 13.7. The summed E-state index contributed by atoms with van der Waals surface area (Å²) in [5, 5.41) is -0.440. The Bertz CT molecular complexity index is 776. The highest BCUT2D eigenvalue weighted by Crippen LogP contribution is 2.48. The number of rotatable bonds is 3. The van der Waals surface area contributed by atoms with Gasteiger partial charge in [0.05, 0.1) is 0 Å². The van der Waals surface area contributed by atoms with E-state index in [4.69, 9.17) is 11.6 Å². The summed E-state index contributed by atoms with van der Waals surface area (Å²) in [6, 6.07) is 10.9. The summed E-state index contributed by atoms with van der Waals surface area (Å²) in [4.78, 5) is 0. The molecule has 2 aliphatic carbocycles. The van der Waals surface area contributed by atoms with Gasteiger partial charge in [0.25, 0.3) is 0 Å². The van der Waals surface area contributed by atoms with Crippen molar-refractivity contribution in [2.24, 2.45) is 17.8 Å². The standard InChI is InChI=1S/C24H27ClF2/c1-2-15-3-4-20-12-19(10-9-18(20)11-15)16-5-7-17(8-6-16)21-13-22(26)24(25)23(27)14-21/h5-8,13-15,18-20H,2-4,9-12H2,1H3/t15?,18-,19-,20-/m1/s1. The summed E-state index contributed by atoms with van der Waals surface area (Å²) in [6.07, 6.45) is 9.46. The molecule has 0 aliphatic heterocycles. The second-order valence-electron chi connectivity index (χ2n) is 8.49. The van der Waals surface area contributed by atoms with Crippen molar-refractivity contribution in [3.8, 4) is 11.1 Å². The molecular weight excluding hydrogens is 362 g/mol. The van der Waals surface area contributed by atoms with Crippen LogP contribution in [-0.4, -0.2) is 0 Å². The first-order chi connectivity index (χ1) is 13.0. The Morgan fingerprint density at radius 3 is 2.15 bits per heavy atom. The zero-order chi connectivity index (χ0) is 19.0. The van der Waals surface area contributed by atoms with Crippen molar-refractivity contribution in [3.63, 3.8) is 0 Å². The molecule has 2 fully saturated rings. The Balaban J connectivity index is 1.47. The van der Waals surface area contributed by atoms with Crippen LogP contribution in [0.1, 0.15) is 63.4 Å². The predicted octanol–water partition coefficient (Wildman–Crippen LogP) is 8.00. The molecule has 2 saturated carbocycles. The fraction of sp³-hybridized carbons (Fsp3) is 0.500. The largest absolute Gasteiger partial charge is 0.205 e. The van der Waals surface area contributed by atoms with Crippen LogP contribution in [0.4, 0.5) is 8.78 Å². The van der Waals surface area contributed by atoms with Gasteiger partial charge in [-0.25, -0.2) is 8.78 Å².